The van der Waals surface area contributed by atoms with Crippen molar-refractivity contribution in [3.63, 3.8) is 0 Å². The second-order valence-electron chi connectivity index (χ2n) is 8.59. The van der Waals surface area contributed by atoms with Crippen LogP contribution in [0.4, 0.5) is 0 Å². The highest BCUT2D eigenvalue weighted by Crippen LogP contribution is 2.43. The summed E-state index contributed by atoms with van der Waals surface area (Å²) < 4.78 is 1.91. The van der Waals surface area contributed by atoms with Crippen molar-refractivity contribution in [3.05, 3.63) is 126 Å². The first kappa shape index (κ1) is 25.2. The number of rotatable bonds is 5. The maximum Gasteiger partial charge on any atom is 0.204 e. The molecule has 0 spiro atoms. The van der Waals surface area contributed by atoms with Crippen LogP contribution in [0.3, 0.4) is 0 Å². The lowest BCUT2D eigenvalue weighted by Gasteiger charge is -2.14. The smallest absolute Gasteiger partial charge is 0.204 e. The Bertz CT molecular complexity index is 1790. The van der Waals surface area contributed by atoms with E-state index < -0.39 is 0 Å². The fourth-order valence-electron chi connectivity index (χ4n) is 4.32. The molecule has 0 saturated carbocycles. The second-order valence-corrected chi connectivity index (χ2v) is 12.6. The van der Waals surface area contributed by atoms with Crippen LogP contribution < -0.4 is 10.9 Å². The van der Waals surface area contributed by atoms with Crippen molar-refractivity contribution in [1.29, 1.82) is 0 Å². The first-order valence-corrected chi connectivity index (χ1v) is 15.4. The van der Waals surface area contributed by atoms with Gasteiger partial charge < -0.3 is 9.97 Å². The molecular formula is C30H18Br2N2O2S2. The zero-order valence-electron chi connectivity index (χ0n) is 19.6. The highest BCUT2D eigenvalue weighted by Gasteiger charge is 2.19. The fraction of sp³-hybridized carbons (Fsp3) is 0. The van der Waals surface area contributed by atoms with E-state index in [-0.39, 0.29) is 10.9 Å². The molecule has 0 radical (unpaired) electrons. The lowest BCUT2D eigenvalue weighted by atomic mass is 10.1. The molecule has 2 N–H and O–H groups in total. The Labute approximate surface area is 242 Å². The minimum Gasteiger partial charge on any atom is -0.353 e. The van der Waals surface area contributed by atoms with E-state index in [1.54, 1.807) is 0 Å². The number of halogens is 2. The standard InChI is InChI=1S/C30H18Br2N2O2S2/c31-19-13-9-17(10-14-19)25-29(27(35)21-5-1-3-7-23(21)33-25)37-38-30-26(18-11-15-20(32)16-12-18)34-24-8-4-2-6-22(24)28(30)36/h1-16H,(H,33,35)(H,34,36). The van der Waals surface area contributed by atoms with Gasteiger partial charge in [-0.15, -0.1) is 0 Å². The highest BCUT2D eigenvalue weighted by molar-refractivity contribution is 9.10. The van der Waals surface area contributed by atoms with Crippen LogP contribution >= 0.6 is 53.4 Å². The summed E-state index contributed by atoms with van der Waals surface area (Å²) in [6.07, 6.45) is 0. The number of pyridine rings is 2. The molecule has 0 atom stereocenters. The molecule has 38 heavy (non-hydrogen) atoms. The third-order valence-electron chi connectivity index (χ3n) is 6.20. The lowest BCUT2D eigenvalue weighted by molar-refractivity contribution is 1.26. The molecule has 4 nitrogen and oxygen atoms in total. The maximum absolute atomic E-state index is 13.7. The molecule has 0 fully saturated rings. The molecule has 0 saturated heterocycles. The molecule has 0 aliphatic rings. The molecule has 8 heteroatoms. The molecule has 4 aromatic carbocycles. The molecule has 0 amide bonds. The number of hydrogen-bond acceptors (Lipinski definition) is 4. The Morgan fingerprint density at radius 3 is 1.26 bits per heavy atom. The van der Waals surface area contributed by atoms with Crippen molar-refractivity contribution >= 4 is 75.3 Å². The quantitative estimate of drug-likeness (QED) is 0.181. The predicted octanol–water partition coefficient (Wildman–Crippen LogP) is 9.03. The largest absolute Gasteiger partial charge is 0.353 e. The molecule has 0 aliphatic heterocycles. The highest BCUT2D eigenvalue weighted by atomic mass is 79.9. The zero-order chi connectivity index (χ0) is 26.2. The molecule has 0 aliphatic carbocycles. The number of hydrogen-bond donors (Lipinski definition) is 2. The number of aromatic amines is 2. The van der Waals surface area contributed by atoms with Crippen LogP contribution in [-0.4, -0.2) is 9.97 Å². The number of para-hydroxylation sites is 2. The molecule has 0 bridgehead atoms. The van der Waals surface area contributed by atoms with E-state index in [2.05, 4.69) is 41.8 Å². The van der Waals surface area contributed by atoms with E-state index in [1.807, 2.05) is 97.1 Å². The molecule has 6 rings (SSSR count). The van der Waals surface area contributed by atoms with E-state index in [4.69, 9.17) is 0 Å². The monoisotopic (exact) mass is 660 g/mol. The van der Waals surface area contributed by atoms with Gasteiger partial charge in [-0.3, -0.25) is 9.59 Å². The van der Waals surface area contributed by atoms with Crippen molar-refractivity contribution in [2.45, 2.75) is 9.79 Å². The van der Waals surface area contributed by atoms with Gasteiger partial charge >= 0.3 is 0 Å². The Hall–Kier alpha value is -3.04. The molecule has 2 heterocycles. The summed E-state index contributed by atoms with van der Waals surface area (Å²) in [4.78, 5) is 35.5. The van der Waals surface area contributed by atoms with Crippen molar-refractivity contribution in [2.75, 3.05) is 0 Å². The van der Waals surface area contributed by atoms with Crippen molar-refractivity contribution < 1.29 is 0 Å². The van der Waals surface area contributed by atoms with Crippen LogP contribution in [0.5, 0.6) is 0 Å². The van der Waals surface area contributed by atoms with E-state index >= 15 is 0 Å². The summed E-state index contributed by atoms with van der Waals surface area (Å²) >= 11 is 6.98. The van der Waals surface area contributed by atoms with Gasteiger partial charge in [-0.1, -0.05) is 80.4 Å². The van der Waals surface area contributed by atoms with Crippen LogP contribution in [0, 0.1) is 0 Å². The van der Waals surface area contributed by atoms with E-state index in [0.717, 1.165) is 42.5 Å². The third-order valence-corrected chi connectivity index (χ3v) is 9.71. The van der Waals surface area contributed by atoms with E-state index in [9.17, 15) is 9.59 Å². The minimum atomic E-state index is -0.0721. The predicted molar refractivity (Wildman–Crippen MR) is 167 cm³/mol. The van der Waals surface area contributed by atoms with Gasteiger partial charge in [0.2, 0.25) is 10.9 Å². The van der Waals surface area contributed by atoms with Gasteiger partial charge in [-0.05, 0) is 81.2 Å². The summed E-state index contributed by atoms with van der Waals surface area (Å²) in [6.45, 7) is 0. The minimum absolute atomic E-state index is 0.0721. The number of fused-ring (bicyclic) bond motifs is 2. The number of benzene rings is 4. The first-order chi connectivity index (χ1) is 18.5. The van der Waals surface area contributed by atoms with Crippen molar-refractivity contribution in [1.82, 2.24) is 9.97 Å². The Morgan fingerprint density at radius 2 is 0.868 bits per heavy atom. The van der Waals surface area contributed by atoms with Gasteiger partial charge in [-0.25, -0.2) is 0 Å². The fourth-order valence-corrected chi connectivity index (χ4v) is 7.34. The van der Waals surface area contributed by atoms with E-state index in [0.29, 0.717) is 20.6 Å². The lowest BCUT2D eigenvalue weighted by Crippen LogP contribution is -2.10. The summed E-state index contributed by atoms with van der Waals surface area (Å²) in [5.41, 5.74) is 4.61. The number of H-pyrrole nitrogens is 2. The Balaban J connectivity index is 1.52. The molecule has 6 aromatic rings. The first-order valence-electron chi connectivity index (χ1n) is 11.7. The maximum atomic E-state index is 13.7. The average molecular weight is 662 g/mol. The summed E-state index contributed by atoms with van der Waals surface area (Å²) in [5, 5.41) is 1.22. The molecular weight excluding hydrogens is 644 g/mol. The van der Waals surface area contributed by atoms with Crippen molar-refractivity contribution in [3.8, 4) is 22.5 Å². The van der Waals surface area contributed by atoms with E-state index in [1.165, 1.54) is 21.6 Å². The number of nitrogens with one attached hydrogen (secondary N) is 2. The van der Waals surface area contributed by atoms with Gasteiger partial charge in [0.25, 0.3) is 0 Å². The van der Waals surface area contributed by atoms with Crippen molar-refractivity contribution in [2.24, 2.45) is 0 Å². The van der Waals surface area contributed by atoms with Crippen LogP contribution in [0.2, 0.25) is 0 Å². The SMILES string of the molecule is O=c1c(SSc2c(-c3ccc(Br)cc3)[nH]c3ccccc3c2=O)c(-c2ccc(Br)cc2)[nH]c2ccccc12. The van der Waals surface area contributed by atoms with Crippen LogP contribution in [0.1, 0.15) is 0 Å². The summed E-state index contributed by atoms with van der Waals surface area (Å²) in [6, 6.07) is 30.6. The topological polar surface area (TPSA) is 65.7 Å². The summed E-state index contributed by atoms with van der Waals surface area (Å²) in [5.74, 6) is 0. The zero-order valence-corrected chi connectivity index (χ0v) is 24.4. The Morgan fingerprint density at radius 1 is 0.500 bits per heavy atom. The normalized spacial score (nSPS) is 11.3. The summed E-state index contributed by atoms with van der Waals surface area (Å²) in [7, 11) is 2.61. The third kappa shape index (κ3) is 4.78. The van der Waals surface area contributed by atoms with Gasteiger partial charge in [0.15, 0.2) is 0 Å². The Kier molecular flexibility index (Phi) is 7.05. The average Bonchev–Trinajstić information content (AvgIpc) is 2.94. The van der Waals surface area contributed by atoms with Crippen LogP contribution in [0.25, 0.3) is 44.3 Å². The van der Waals surface area contributed by atoms with Gasteiger partial charge in [-0.2, -0.15) is 0 Å². The molecule has 2 aromatic heterocycles. The van der Waals surface area contributed by atoms with Gasteiger partial charge in [0, 0.05) is 30.8 Å². The van der Waals surface area contributed by atoms with Gasteiger partial charge in [0.1, 0.15) is 0 Å². The van der Waals surface area contributed by atoms with Crippen LogP contribution in [0.15, 0.2) is 125 Å². The van der Waals surface area contributed by atoms with Gasteiger partial charge in [0.05, 0.1) is 21.2 Å². The molecule has 186 valence electrons. The van der Waals surface area contributed by atoms with Crippen LogP contribution in [-0.2, 0) is 0 Å². The number of aromatic nitrogens is 2. The second kappa shape index (κ2) is 10.6. The molecule has 0 unspecified atom stereocenters.